The SMILES string of the molecule is O=C(OC(C(F)(F)F)C(F)(F)F)N1CCN(Sc2cccc(F)c2)CC1. The Balaban J connectivity index is 1.89. The van der Waals surface area contributed by atoms with Crippen LogP contribution in [-0.4, -0.2) is 59.9 Å². The molecule has 0 atom stereocenters. The first-order valence-electron chi connectivity index (χ1n) is 7.24. The van der Waals surface area contributed by atoms with Gasteiger partial charge in [0.1, 0.15) is 5.82 Å². The van der Waals surface area contributed by atoms with Gasteiger partial charge in [0.15, 0.2) is 0 Å². The van der Waals surface area contributed by atoms with Crippen molar-refractivity contribution in [1.29, 1.82) is 0 Å². The van der Waals surface area contributed by atoms with Crippen LogP contribution in [0.4, 0.5) is 35.5 Å². The molecule has 0 spiro atoms. The van der Waals surface area contributed by atoms with Crippen LogP contribution in [0.2, 0.25) is 0 Å². The first kappa shape index (κ1) is 20.6. The molecule has 0 N–H and O–H groups in total. The average Bonchev–Trinajstić information content (AvgIpc) is 2.51. The maximum atomic E-state index is 13.1. The molecule has 1 aliphatic heterocycles. The first-order valence-corrected chi connectivity index (χ1v) is 8.01. The second kappa shape index (κ2) is 7.91. The van der Waals surface area contributed by atoms with Crippen molar-refractivity contribution in [1.82, 2.24) is 9.21 Å². The molecule has 1 aromatic carbocycles. The van der Waals surface area contributed by atoms with Crippen molar-refractivity contribution < 1.29 is 40.3 Å². The van der Waals surface area contributed by atoms with Gasteiger partial charge in [-0.1, -0.05) is 6.07 Å². The third-order valence-corrected chi connectivity index (χ3v) is 4.43. The molecule has 26 heavy (non-hydrogen) atoms. The second-order valence-corrected chi connectivity index (χ2v) is 6.48. The summed E-state index contributed by atoms with van der Waals surface area (Å²) in [5, 5.41) is 0. The summed E-state index contributed by atoms with van der Waals surface area (Å²) in [7, 11) is 0. The molecule has 0 aliphatic carbocycles. The van der Waals surface area contributed by atoms with Gasteiger partial charge in [-0.05, 0) is 30.1 Å². The summed E-state index contributed by atoms with van der Waals surface area (Å²) >= 11 is 1.17. The Bertz CT molecular complexity index is 616. The highest BCUT2D eigenvalue weighted by molar-refractivity contribution is 7.97. The number of alkyl halides is 6. The maximum Gasteiger partial charge on any atom is 0.434 e. The van der Waals surface area contributed by atoms with E-state index in [1.165, 1.54) is 30.1 Å². The normalized spacial score (nSPS) is 16.8. The molecule has 0 aromatic heterocycles. The molecule has 1 aromatic rings. The smallest absolute Gasteiger partial charge is 0.426 e. The summed E-state index contributed by atoms with van der Waals surface area (Å²) < 4.78 is 93.0. The van der Waals surface area contributed by atoms with Gasteiger partial charge in [-0.3, -0.25) is 0 Å². The number of rotatable bonds is 3. The number of carbonyl (C=O) groups is 1. The predicted molar refractivity (Wildman–Crippen MR) is 77.8 cm³/mol. The fourth-order valence-electron chi connectivity index (χ4n) is 2.13. The number of piperazine rings is 1. The van der Waals surface area contributed by atoms with Crippen molar-refractivity contribution in [2.75, 3.05) is 26.2 Å². The van der Waals surface area contributed by atoms with E-state index in [-0.39, 0.29) is 26.2 Å². The Morgan fingerprint density at radius 1 is 1.04 bits per heavy atom. The zero-order valence-electron chi connectivity index (χ0n) is 13.0. The lowest BCUT2D eigenvalue weighted by molar-refractivity contribution is -0.308. The summed E-state index contributed by atoms with van der Waals surface area (Å²) in [6.45, 7) is 0.0884. The summed E-state index contributed by atoms with van der Waals surface area (Å²) in [6, 6.07) is 5.68. The van der Waals surface area contributed by atoms with Gasteiger partial charge in [0.2, 0.25) is 0 Å². The number of halogens is 7. The number of carbonyl (C=O) groups excluding carboxylic acids is 1. The molecule has 12 heteroatoms. The summed E-state index contributed by atoms with van der Waals surface area (Å²) in [4.78, 5) is 13.0. The highest BCUT2D eigenvalue weighted by Crippen LogP contribution is 2.36. The first-order chi connectivity index (χ1) is 12.0. The van der Waals surface area contributed by atoms with Crippen molar-refractivity contribution >= 4 is 18.0 Å². The Kier molecular flexibility index (Phi) is 6.27. The zero-order valence-corrected chi connectivity index (χ0v) is 13.8. The molecule has 1 fully saturated rings. The lowest BCUT2D eigenvalue weighted by atomic mass is 10.3. The third kappa shape index (κ3) is 5.66. The molecule has 1 heterocycles. The molecule has 1 aliphatic rings. The van der Waals surface area contributed by atoms with Crippen molar-refractivity contribution in [2.45, 2.75) is 23.4 Å². The molecule has 2 rings (SSSR count). The molecule has 0 bridgehead atoms. The van der Waals surface area contributed by atoms with E-state index in [2.05, 4.69) is 4.74 Å². The Morgan fingerprint density at radius 3 is 2.12 bits per heavy atom. The van der Waals surface area contributed by atoms with Gasteiger partial charge < -0.3 is 9.64 Å². The number of hydrogen-bond acceptors (Lipinski definition) is 4. The molecule has 0 radical (unpaired) electrons. The lowest BCUT2D eigenvalue weighted by Gasteiger charge is -2.34. The van der Waals surface area contributed by atoms with Crippen molar-refractivity contribution in [3.05, 3.63) is 30.1 Å². The predicted octanol–water partition coefficient (Wildman–Crippen LogP) is 4.08. The van der Waals surface area contributed by atoms with Crippen LogP contribution in [0.25, 0.3) is 0 Å². The monoisotopic (exact) mass is 406 g/mol. The minimum Gasteiger partial charge on any atom is -0.426 e. The fourth-order valence-corrected chi connectivity index (χ4v) is 3.08. The van der Waals surface area contributed by atoms with Crippen molar-refractivity contribution in [3.63, 3.8) is 0 Å². The van der Waals surface area contributed by atoms with Crippen LogP contribution in [-0.2, 0) is 4.74 Å². The van der Waals surface area contributed by atoms with E-state index in [1.807, 2.05) is 0 Å². The van der Waals surface area contributed by atoms with Crippen molar-refractivity contribution in [3.8, 4) is 0 Å². The van der Waals surface area contributed by atoms with E-state index in [0.29, 0.717) is 4.90 Å². The summed E-state index contributed by atoms with van der Waals surface area (Å²) in [5.74, 6) is -0.442. The Hall–Kier alpha value is -1.69. The Morgan fingerprint density at radius 2 is 1.62 bits per heavy atom. The molecule has 0 unspecified atom stereocenters. The minimum atomic E-state index is -5.75. The third-order valence-electron chi connectivity index (χ3n) is 3.34. The number of hydrogen-bond donors (Lipinski definition) is 0. The molecular weight excluding hydrogens is 393 g/mol. The molecular formula is C14H13F7N2O2S. The van der Waals surface area contributed by atoms with Crippen LogP contribution in [0.1, 0.15) is 0 Å². The number of ether oxygens (including phenoxy) is 1. The quantitative estimate of drug-likeness (QED) is 0.560. The highest BCUT2D eigenvalue weighted by atomic mass is 32.2. The number of nitrogens with zero attached hydrogens (tertiary/aromatic N) is 2. The molecule has 4 nitrogen and oxygen atoms in total. The van der Waals surface area contributed by atoms with Crippen LogP contribution in [0.15, 0.2) is 29.2 Å². The van der Waals surface area contributed by atoms with Gasteiger partial charge in [-0.25, -0.2) is 13.5 Å². The van der Waals surface area contributed by atoms with Crippen LogP contribution in [0.5, 0.6) is 0 Å². The van der Waals surface area contributed by atoms with Crippen LogP contribution in [0, 0.1) is 5.82 Å². The second-order valence-electron chi connectivity index (χ2n) is 5.31. The van der Waals surface area contributed by atoms with Crippen LogP contribution in [0.3, 0.4) is 0 Å². The highest BCUT2D eigenvalue weighted by Gasteiger charge is 2.60. The van der Waals surface area contributed by atoms with Gasteiger partial charge in [0, 0.05) is 31.1 Å². The number of benzene rings is 1. The molecule has 1 amide bonds. The zero-order chi connectivity index (χ0) is 19.5. The van der Waals surface area contributed by atoms with E-state index < -0.39 is 30.4 Å². The van der Waals surface area contributed by atoms with Gasteiger partial charge in [0.25, 0.3) is 6.10 Å². The maximum absolute atomic E-state index is 13.1. The number of amides is 1. The van der Waals surface area contributed by atoms with E-state index in [1.54, 1.807) is 10.4 Å². The van der Waals surface area contributed by atoms with Crippen LogP contribution >= 0.6 is 11.9 Å². The largest absolute Gasteiger partial charge is 0.434 e. The summed E-state index contributed by atoms with van der Waals surface area (Å²) in [6.07, 6.45) is -17.3. The van der Waals surface area contributed by atoms with E-state index in [9.17, 15) is 35.5 Å². The van der Waals surface area contributed by atoms with Gasteiger partial charge in [-0.15, -0.1) is 0 Å². The molecule has 0 saturated carbocycles. The van der Waals surface area contributed by atoms with E-state index in [4.69, 9.17) is 0 Å². The van der Waals surface area contributed by atoms with Crippen molar-refractivity contribution in [2.24, 2.45) is 0 Å². The van der Waals surface area contributed by atoms with Gasteiger partial charge in [0.05, 0.1) is 0 Å². The summed E-state index contributed by atoms with van der Waals surface area (Å²) in [5.41, 5.74) is 0. The van der Waals surface area contributed by atoms with Crippen LogP contribution < -0.4 is 0 Å². The topological polar surface area (TPSA) is 32.8 Å². The fraction of sp³-hybridized carbons (Fsp3) is 0.500. The van der Waals surface area contributed by atoms with Gasteiger partial charge in [-0.2, -0.15) is 26.3 Å². The van der Waals surface area contributed by atoms with Gasteiger partial charge >= 0.3 is 18.4 Å². The minimum absolute atomic E-state index is 0.121. The lowest BCUT2D eigenvalue weighted by Crippen LogP contribution is -2.51. The van der Waals surface area contributed by atoms with E-state index >= 15 is 0 Å². The standard InChI is InChI=1S/C14H13F7N2O2S/c15-9-2-1-3-10(8-9)26-23-6-4-22(5-7-23)12(24)25-11(13(16,17)18)14(19,20)21/h1-3,8,11H,4-7H2. The van der Waals surface area contributed by atoms with E-state index in [0.717, 1.165) is 4.90 Å². The molecule has 146 valence electrons. The molecule has 1 saturated heterocycles. The Labute approximate surface area is 148 Å². The average molecular weight is 406 g/mol.